The molecule has 0 fully saturated rings. The van der Waals surface area contributed by atoms with Gasteiger partial charge in [0, 0.05) is 16.6 Å². The molecule has 0 aromatic heterocycles. The van der Waals surface area contributed by atoms with Crippen molar-refractivity contribution in [2.45, 2.75) is 25.9 Å². The van der Waals surface area contributed by atoms with Crippen LogP contribution in [-0.4, -0.2) is 23.7 Å². The van der Waals surface area contributed by atoms with Crippen molar-refractivity contribution in [2.24, 2.45) is 0 Å². The Balaban J connectivity index is 2.47. The van der Waals surface area contributed by atoms with Gasteiger partial charge in [0.05, 0.1) is 6.10 Å². The smallest absolute Gasteiger partial charge is 0.251 e. The van der Waals surface area contributed by atoms with Crippen LogP contribution in [0.4, 0.5) is 0 Å². The average Bonchev–Trinajstić information content (AvgIpc) is 2.26. The van der Waals surface area contributed by atoms with Gasteiger partial charge < -0.3 is 10.4 Å². The molecular weight excluding hydrogens is 270 g/mol. The highest BCUT2D eigenvalue weighted by Gasteiger charge is 2.08. The van der Waals surface area contributed by atoms with Crippen molar-refractivity contribution in [2.75, 3.05) is 6.54 Å². The largest absolute Gasteiger partial charge is 0.391 e. The molecule has 1 unspecified atom stereocenters. The highest BCUT2D eigenvalue weighted by atomic mass is 79.9. The van der Waals surface area contributed by atoms with Gasteiger partial charge in [0.15, 0.2) is 0 Å². The quantitative estimate of drug-likeness (QED) is 0.873. The zero-order chi connectivity index (χ0) is 12.0. The monoisotopic (exact) mass is 285 g/mol. The van der Waals surface area contributed by atoms with Gasteiger partial charge in [-0.05, 0) is 24.6 Å². The molecule has 0 radical (unpaired) electrons. The molecule has 1 atom stereocenters. The summed E-state index contributed by atoms with van der Waals surface area (Å²) >= 11 is 3.31. The van der Waals surface area contributed by atoms with E-state index in [1.165, 1.54) is 0 Å². The van der Waals surface area contributed by atoms with E-state index >= 15 is 0 Å². The number of rotatable bonds is 5. The second kappa shape index (κ2) is 6.66. The fourth-order valence-corrected chi connectivity index (χ4v) is 1.78. The maximum absolute atomic E-state index is 11.7. The van der Waals surface area contributed by atoms with Crippen molar-refractivity contribution >= 4 is 21.8 Å². The minimum atomic E-state index is -0.457. The van der Waals surface area contributed by atoms with E-state index in [9.17, 15) is 9.90 Å². The van der Waals surface area contributed by atoms with Gasteiger partial charge in [-0.15, -0.1) is 0 Å². The number of aliphatic hydroxyl groups excluding tert-OH is 1. The van der Waals surface area contributed by atoms with E-state index in [2.05, 4.69) is 21.2 Å². The molecule has 88 valence electrons. The summed E-state index contributed by atoms with van der Waals surface area (Å²) in [7, 11) is 0. The Labute approximate surface area is 104 Å². The molecule has 1 aromatic carbocycles. The standard InChI is InChI=1S/C12H16BrNO2/c1-2-4-11(15)8-14-12(16)9-5-3-6-10(13)7-9/h3,5-7,11,15H,2,4,8H2,1H3,(H,14,16). The fraction of sp³-hybridized carbons (Fsp3) is 0.417. The van der Waals surface area contributed by atoms with Crippen molar-refractivity contribution in [1.29, 1.82) is 0 Å². The SMILES string of the molecule is CCCC(O)CNC(=O)c1cccc(Br)c1. The fourth-order valence-electron chi connectivity index (χ4n) is 1.38. The summed E-state index contributed by atoms with van der Waals surface area (Å²) in [5.41, 5.74) is 0.595. The van der Waals surface area contributed by atoms with E-state index in [0.717, 1.165) is 10.9 Å². The summed E-state index contributed by atoms with van der Waals surface area (Å²) in [5, 5.41) is 12.2. The summed E-state index contributed by atoms with van der Waals surface area (Å²) in [5.74, 6) is -0.156. The zero-order valence-electron chi connectivity index (χ0n) is 9.24. The van der Waals surface area contributed by atoms with E-state index in [4.69, 9.17) is 0 Å². The number of hydrogen-bond acceptors (Lipinski definition) is 2. The average molecular weight is 286 g/mol. The predicted octanol–water partition coefficient (Wildman–Crippen LogP) is 2.34. The molecule has 1 amide bonds. The maximum Gasteiger partial charge on any atom is 0.251 e. The minimum Gasteiger partial charge on any atom is -0.391 e. The molecule has 0 heterocycles. The molecule has 4 heteroatoms. The number of carbonyl (C=O) groups is 1. The van der Waals surface area contributed by atoms with E-state index in [1.54, 1.807) is 12.1 Å². The number of aliphatic hydroxyl groups is 1. The highest BCUT2D eigenvalue weighted by molar-refractivity contribution is 9.10. The number of halogens is 1. The Morgan fingerprint density at radius 2 is 2.31 bits per heavy atom. The van der Waals surface area contributed by atoms with Gasteiger partial charge in [-0.1, -0.05) is 35.3 Å². The second-order valence-electron chi connectivity index (χ2n) is 3.66. The van der Waals surface area contributed by atoms with Crippen LogP contribution in [0.1, 0.15) is 30.1 Å². The van der Waals surface area contributed by atoms with Crippen LogP contribution in [-0.2, 0) is 0 Å². The molecule has 3 nitrogen and oxygen atoms in total. The molecule has 1 rings (SSSR count). The maximum atomic E-state index is 11.7. The highest BCUT2D eigenvalue weighted by Crippen LogP contribution is 2.11. The molecule has 0 aliphatic heterocycles. The number of nitrogens with one attached hydrogen (secondary N) is 1. The van der Waals surface area contributed by atoms with Crippen LogP contribution in [0.15, 0.2) is 28.7 Å². The van der Waals surface area contributed by atoms with Crippen molar-refractivity contribution in [1.82, 2.24) is 5.32 Å². The third kappa shape index (κ3) is 4.33. The van der Waals surface area contributed by atoms with E-state index in [-0.39, 0.29) is 5.91 Å². The first-order valence-electron chi connectivity index (χ1n) is 5.35. The molecule has 2 N–H and O–H groups in total. The summed E-state index contributed by atoms with van der Waals surface area (Å²) in [6.07, 6.45) is 1.16. The van der Waals surface area contributed by atoms with E-state index in [0.29, 0.717) is 18.5 Å². The van der Waals surface area contributed by atoms with Gasteiger partial charge in [0.2, 0.25) is 0 Å². The molecule has 0 aliphatic rings. The summed E-state index contributed by atoms with van der Waals surface area (Å²) in [4.78, 5) is 11.7. The predicted molar refractivity (Wildman–Crippen MR) is 67.4 cm³/mol. The molecular formula is C12H16BrNO2. The first-order valence-corrected chi connectivity index (χ1v) is 6.14. The van der Waals surface area contributed by atoms with Crippen LogP contribution in [0.5, 0.6) is 0 Å². The zero-order valence-corrected chi connectivity index (χ0v) is 10.8. The summed E-state index contributed by atoms with van der Waals surface area (Å²) in [6.45, 7) is 2.30. The third-order valence-corrected chi connectivity index (χ3v) is 2.70. The van der Waals surface area contributed by atoms with Crippen molar-refractivity contribution in [3.63, 3.8) is 0 Å². The number of amides is 1. The summed E-state index contributed by atoms with van der Waals surface area (Å²) in [6, 6.07) is 7.16. The Morgan fingerprint density at radius 3 is 2.94 bits per heavy atom. The molecule has 0 saturated heterocycles. The van der Waals surface area contributed by atoms with Gasteiger partial charge >= 0.3 is 0 Å². The van der Waals surface area contributed by atoms with E-state index < -0.39 is 6.10 Å². The molecule has 1 aromatic rings. The van der Waals surface area contributed by atoms with Crippen LogP contribution in [0.2, 0.25) is 0 Å². The van der Waals surface area contributed by atoms with Gasteiger partial charge in [0.25, 0.3) is 5.91 Å². The normalized spacial score (nSPS) is 12.2. The van der Waals surface area contributed by atoms with Crippen molar-refractivity contribution in [3.8, 4) is 0 Å². The van der Waals surface area contributed by atoms with Crippen LogP contribution in [0, 0.1) is 0 Å². The number of hydrogen-bond donors (Lipinski definition) is 2. The van der Waals surface area contributed by atoms with Crippen LogP contribution in [0.25, 0.3) is 0 Å². The lowest BCUT2D eigenvalue weighted by Crippen LogP contribution is -2.31. The molecule has 16 heavy (non-hydrogen) atoms. The van der Waals surface area contributed by atoms with Gasteiger partial charge in [-0.25, -0.2) is 0 Å². The van der Waals surface area contributed by atoms with Gasteiger partial charge in [0.1, 0.15) is 0 Å². The Morgan fingerprint density at radius 1 is 1.56 bits per heavy atom. The Hall–Kier alpha value is -0.870. The third-order valence-electron chi connectivity index (χ3n) is 2.21. The van der Waals surface area contributed by atoms with Crippen LogP contribution >= 0.6 is 15.9 Å². The number of carbonyl (C=O) groups excluding carboxylic acids is 1. The minimum absolute atomic E-state index is 0.156. The molecule has 0 saturated carbocycles. The molecule has 0 aliphatic carbocycles. The lowest BCUT2D eigenvalue weighted by Gasteiger charge is -2.10. The molecule has 0 bridgehead atoms. The Bertz CT molecular complexity index is 355. The van der Waals surface area contributed by atoms with Gasteiger partial charge in [-0.3, -0.25) is 4.79 Å². The summed E-state index contributed by atoms with van der Waals surface area (Å²) < 4.78 is 0.870. The topological polar surface area (TPSA) is 49.3 Å². The first kappa shape index (κ1) is 13.2. The van der Waals surface area contributed by atoms with Gasteiger partial charge in [-0.2, -0.15) is 0 Å². The number of benzene rings is 1. The second-order valence-corrected chi connectivity index (χ2v) is 4.58. The lowest BCUT2D eigenvalue weighted by atomic mass is 10.2. The molecule has 0 spiro atoms. The van der Waals surface area contributed by atoms with Crippen molar-refractivity contribution in [3.05, 3.63) is 34.3 Å². The van der Waals surface area contributed by atoms with Crippen LogP contribution in [0.3, 0.4) is 0 Å². The van der Waals surface area contributed by atoms with Crippen LogP contribution < -0.4 is 5.32 Å². The Kier molecular flexibility index (Phi) is 5.49. The lowest BCUT2D eigenvalue weighted by molar-refractivity contribution is 0.0910. The van der Waals surface area contributed by atoms with E-state index in [1.807, 2.05) is 19.1 Å². The first-order chi connectivity index (χ1) is 7.63. The van der Waals surface area contributed by atoms with Crippen molar-refractivity contribution < 1.29 is 9.90 Å².